The lowest BCUT2D eigenvalue weighted by Gasteiger charge is -2.52. The van der Waals surface area contributed by atoms with Gasteiger partial charge in [-0.1, -0.05) is 12.5 Å². The van der Waals surface area contributed by atoms with Gasteiger partial charge < -0.3 is 14.0 Å². The van der Waals surface area contributed by atoms with E-state index in [0.29, 0.717) is 12.5 Å². The number of ether oxygens (including phenoxy) is 2. The van der Waals surface area contributed by atoms with Gasteiger partial charge >= 0.3 is 12.1 Å². The summed E-state index contributed by atoms with van der Waals surface area (Å²) in [6, 6.07) is 6.32. The van der Waals surface area contributed by atoms with Crippen molar-refractivity contribution in [2.75, 3.05) is 45.9 Å². The van der Waals surface area contributed by atoms with Gasteiger partial charge in [0.25, 0.3) is 0 Å². The smallest absolute Gasteiger partial charge is 0.417 e. The molecule has 38 heavy (non-hydrogen) atoms. The highest BCUT2D eigenvalue weighted by Gasteiger charge is 2.51. The number of alkyl halides is 3. The molecule has 4 aliphatic heterocycles. The van der Waals surface area contributed by atoms with Crippen LogP contribution in [0.15, 0.2) is 35.8 Å². The normalized spacial score (nSPS) is 27.6. The van der Waals surface area contributed by atoms with E-state index in [1.165, 1.54) is 12.5 Å². The average Bonchev–Trinajstić information content (AvgIpc) is 3.47. The van der Waals surface area contributed by atoms with Gasteiger partial charge in [-0.2, -0.15) is 13.2 Å². The lowest BCUT2D eigenvalue weighted by molar-refractivity contribution is -0.946. The van der Waals surface area contributed by atoms with Crippen LogP contribution in [0.5, 0.6) is 5.88 Å². The average molecular weight is 553 g/mol. The summed E-state index contributed by atoms with van der Waals surface area (Å²) in [7, 11) is 0. The number of carbonyl (C=O) groups excluding carboxylic acids is 1. The maximum Gasteiger partial charge on any atom is 0.417 e. The van der Waals surface area contributed by atoms with Crippen LogP contribution in [0.2, 0.25) is 0 Å². The number of nitrogens with zero attached hydrogens (tertiary/aromatic N) is 3. The molecule has 6 nitrogen and oxygen atoms in total. The molecule has 208 valence electrons. The number of likely N-dealkylation sites (tertiary alicyclic amines) is 1. The van der Waals surface area contributed by atoms with E-state index in [1.54, 1.807) is 11.3 Å². The molecule has 0 aromatic carbocycles. The summed E-state index contributed by atoms with van der Waals surface area (Å²) in [5.41, 5.74) is -1.54. The number of hydrogen-bond donors (Lipinski definition) is 0. The molecule has 4 fully saturated rings. The first-order valence-corrected chi connectivity index (χ1v) is 14.6. The molecule has 4 saturated heterocycles. The Labute approximate surface area is 226 Å². The van der Waals surface area contributed by atoms with Crippen LogP contribution in [-0.4, -0.2) is 72.3 Å². The topological polar surface area (TPSA) is 51.7 Å². The summed E-state index contributed by atoms with van der Waals surface area (Å²) >= 11 is 1.62. The molecular weight excluding hydrogens is 515 g/mol. The Morgan fingerprint density at radius 1 is 1.16 bits per heavy atom. The predicted octanol–water partition coefficient (Wildman–Crippen LogP) is 5.48. The number of rotatable bonds is 9. The number of fused-ring (bicyclic) bond motifs is 3. The number of halogens is 3. The molecule has 2 aromatic rings. The van der Waals surface area contributed by atoms with Crippen molar-refractivity contribution in [1.29, 1.82) is 0 Å². The molecular formula is C28H37F3N3O3S+. The number of pyridine rings is 1. The summed E-state index contributed by atoms with van der Waals surface area (Å²) in [5.74, 6) is 0.476. The quantitative estimate of drug-likeness (QED) is 0.234. The fraction of sp³-hybridized carbons (Fsp3) is 0.643. The highest BCUT2D eigenvalue weighted by Crippen LogP contribution is 2.40. The van der Waals surface area contributed by atoms with Gasteiger partial charge in [-0.15, -0.1) is 11.3 Å². The second-order valence-electron chi connectivity index (χ2n) is 11.2. The number of piperidine rings is 4. The summed E-state index contributed by atoms with van der Waals surface area (Å²) in [5, 5.41) is 2.03. The maximum atomic E-state index is 13.9. The van der Waals surface area contributed by atoms with Crippen molar-refractivity contribution in [3.8, 4) is 5.88 Å². The van der Waals surface area contributed by atoms with Crippen LogP contribution in [0, 0.1) is 5.92 Å². The Morgan fingerprint density at radius 3 is 2.55 bits per heavy atom. The van der Waals surface area contributed by atoms with Crippen LogP contribution in [0.4, 0.5) is 13.2 Å². The first kappa shape index (κ1) is 27.4. The molecule has 4 aliphatic rings. The van der Waals surface area contributed by atoms with Gasteiger partial charge in [-0.3, -0.25) is 4.90 Å². The molecule has 2 bridgehead atoms. The lowest BCUT2D eigenvalue weighted by Crippen LogP contribution is -2.65. The summed E-state index contributed by atoms with van der Waals surface area (Å²) < 4.78 is 51.1. The molecule has 0 saturated carbocycles. The summed E-state index contributed by atoms with van der Waals surface area (Å²) in [6.45, 7) is 8.06. The van der Waals surface area contributed by atoms with Crippen LogP contribution < -0.4 is 4.74 Å². The second kappa shape index (κ2) is 11.1. The Morgan fingerprint density at radius 2 is 1.92 bits per heavy atom. The van der Waals surface area contributed by atoms with Crippen LogP contribution in [0.1, 0.15) is 55.9 Å². The van der Waals surface area contributed by atoms with Gasteiger partial charge in [0.1, 0.15) is 6.54 Å². The third-order valence-corrected chi connectivity index (χ3v) is 9.86. The van der Waals surface area contributed by atoms with E-state index in [4.69, 9.17) is 9.47 Å². The van der Waals surface area contributed by atoms with Gasteiger partial charge in [0.05, 0.1) is 31.8 Å². The summed E-state index contributed by atoms with van der Waals surface area (Å²) in [4.78, 5) is 21.0. The van der Waals surface area contributed by atoms with E-state index in [-0.39, 0.29) is 18.0 Å². The number of esters is 1. The lowest BCUT2D eigenvalue weighted by atomic mass is 9.82. The fourth-order valence-electron chi connectivity index (χ4n) is 6.41. The third kappa shape index (κ3) is 5.72. The van der Waals surface area contributed by atoms with Crippen molar-refractivity contribution >= 4 is 17.3 Å². The van der Waals surface area contributed by atoms with Crippen molar-refractivity contribution < 1.29 is 31.9 Å². The number of hydrogen-bond acceptors (Lipinski definition) is 6. The number of thiophene rings is 1. The summed E-state index contributed by atoms with van der Waals surface area (Å²) in [6.07, 6.45) is 2.55. The molecule has 1 unspecified atom stereocenters. The molecule has 0 N–H and O–H groups in total. The minimum Gasteiger partial charge on any atom is -0.477 e. The first-order chi connectivity index (χ1) is 18.2. The highest BCUT2D eigenvalue weighted by molar-refractivity contribution is 7.10. The number of carbonyl (C=O) groups is 1. The Kier molecular flexibility index (Phi) is 8.03. The van der Waals surface area contributed by atoms with Crippen molar-refractivity contribution in [3.63, 3.8) is 0 Å². The molecule has 0 radical (unpaired) electrons. The van der Waals surface area contributed by atoms with Gasteiger partial charge in [0.2, 0.25) is 5.88 Å². The van der Waals surface area contributed by atoms with E-state index >= 15 is 0 Å². The minimum absolute atomic E-state index is 0.0911. The first-order valence-electron chi connectivity index (χ1n) is 13.7. The van der Waals surface area contributed by atoms with E-state index in [1.807, 2.05) is 18.4 Å². The largest absolute Gasteiger partial charge is 0.477 e. The Hall–Kier alpha value is -2.17. The van der Waals surface area contributed by atoms with Crippen LogP contribution in [0.3, 0.4) is 0 Å². The third-order valence-electron chi connectivity index (χ3n) is 8.78. The predicted molar refractivity (Wildman–Crippen MR) is 139 cm³/mol. The molecule has 10 heteroatoms. The van der Waals surface area contributed by atoms with Crippen molar-refractivity contribution in [1.82, 2.24) is 9.88 Å². The molecule has 0 spiro atoms. The van der Waals surface area contributed by atoms with E-state index in [0.717, 1.165) is 93.0 Å². The van der Waals surface area contributed by atoms with Gasteiger partial charge in [0.15, 0.2) is 11.6 Å². The standard InChI is InChI=1S/C28H37F3N3O3S/c1-27(24-7-5-18-38-24,33-12-3-2-4-13-33)26(35)37-23-20-34(15-10-21(23)11-16-34)14-6-17-36-25-9-8-22(19-32-25)28(29,30)31/h5,7-9,18-19,21,23H,2-4,6,10-17,20H2,1H3/q+1/t21?,23-,27?,34?/m0/s1. The van der Waals surface area contributed by atoms with Crippen LogP contribution >= 0.6 is 11.3 Å². The van der Waals surface area contributed by atoms with Crippen molar-refractivity contribution in [2.24, 2.45) is 5.92 Å². The maximum absolute atomic E-state index is 13.9. The Bertz CT molecular complexity index is 1070. The SMILES string of the molecule is CC(C(=O)O[C@H]1C[N+]2(CCCOc3ccc(C(F)(F)F)cn3)CCC1CC2)(c1cccs1)N1CCCCC1. The van der Waals surface area contributed by atoms with Gasteiger partial charge in [0, 0.05) is 42.3 Å². The molecule has 0 aliphatic carbocycles. The molecule has 2 atom stereocenters. The highest BCUT2D eigenvalue weighted by atomic mass is 32.1. The Balaban J connectivity index is 1.18. The van der Waals surface area contributed by atoms with Gasteiger partial charge in [-0.25, -0.2) is 9.78 Å². The molecule has 6 heterocycles. The molecule has 0 amide bonds. The zero-order chi connectivity index (χ0) is 26.8. The van der Waals surface area contributed by atoms with Crippen molar-refractivity contribution in [2.45, 2.75) is 63.3 Å². The fourth-order valence-corrected chi connectivity index (χ4v) is 7.32. The monoisotopic (exact) mass is 552 g/mol. The van der Waals surface area contributed by atoms with Crippen LogP contribution in [0.25, 0.3) is 0 Å². The van der Waals surface area contributed by atoms with E-state index in [9.17, 15) is 18.0 Å². The number of aromatic nitrogens is 1. The van der Waals surface area contributed by atoms with Crippen LogP contribution in [-0.2, 0) is 21.2 Å². The zero-order valence-corrected chi connectivity index (χ0v) is 22.7. The van der Waals surface area contributed by atoms with Gasteiger partial charge in [-0.05, 0) is 50.4 Å². The molecule has 6 rings (SSSR count). The van der Waals surface area contributed by atoms with E-state index < -0.39 is 17.3 Å². The second-order valence-corrected chi connectivity index (χ2v) is 12.1. The minimum atomic E-state index is -4.41. The number of quaternary nitrogens is 1. The van der Waals surface area contributed by atoms with E-state index in [2.05, 4.69) is 16.0 Å². The van der Waals surface area contributed by atoms with Crippen molar-refractivity contribution in [3.05, 3.63) is 46.3 Å². The zero-order valence-electron chi connectivity index (χ0n) is 21.9. The molecule has 2 aromatic heterocycles.